The van der Waals surface area contributed by atoms with E-state index in [2.05, 4.69) is 25.8 Å². The van der Waals surface area contributed by atoms with Crippen LogP contribution >= 0.6 is 15.9 Å². The minimum absolute atomic E-state index is 0.232. The summed E-state index contributed by atoms with van der Waals surface area (Å²) in [7, 11) is 1.21. The maximum atomic E-state index is 11.6. The number of esters is 1. The molecule has 0 radical (unpaired) electrons. The Morgan fingerprint density at radius 1 is 1.37 bits per heavy atom. The number of aromatic nitrogens is 2. The molecule has 0 saturated heterocycles. The van der Waals surface area contributed by atoms with Crippen molar-refractivity contribution in [2.75, 3.05) is 7.11 Å². The smallest absolute Gasteiger partial charge is 0.362 e. The van der Waals surface area contributed by atoms with Gasteiger partial charge in [0.05, 0.1) is 12.8 Å². The zero-order valence-corrected chi connectivity index (χ0v) is 12.0. The molecule has 0 unspecified atom stereocenters. The van der Waals surface area contributed by atoms with Crippen molar-refractivity contribution in [3.63, 3.8) is 0 Å². The first-order valence-electron chi connectivity index (χ1n) is 5.48. The number of nitrogens with zero attached hydrogens (tertiary/aromatic N) is 2. The van der Waals surface area contributed by atoms with E-state index in [4.69, 9.17) is 0 Å². The van der Waals surface area contributed by atoms with Crippen LogP contribution < -0.4 is 5.43 Å². The predicted octanol–water partition coefficient (Wildman–Crippen LogP) is 2.09. The summed E-state index contributed by atoms with van der Waals surface area (Å²) in [5.74, 6) is -0.744. The first-order valence-corrected chi connectivity index (χ1v) is 6.27. The molecule has 0 spiro atoms. The highest BCUT2D eigenvalue weighted by atomic mass is 79.9. The van der Waals surface area contributed by atoms with Crippen LogP contribution in [0.5, 0.6) is 0 Å². The van der Waals surface area contributed by atoms with Crippen LogP contribution in [0.4, 0.5) is 0 Å². The first-order chi connectivity index (χ1) is 9.04. The Bertz CT molecular complexity index is 695. The van der Waals surface area contributed by atoms with Gasteiger partial charge in [0.2, 0.25) is 11.1 Å². The van der Waals surface area contributed by atoms with Crippen LogP contribution in [0.25, 0.3) is 5.69 Å². The first kappa shape index (κ1) is 13.5. The summed E-state index contributed by atoms with van der Waals surface area (Å²) in [6.45, 7) is 1.91. The van der Waals surface area contributed by atoms with Gasteiger partial charge in [0.25, 0.3) is 0 Å². The van der Waals surface area contributed by atoms with E-state index in [1.54, 1.807) is 0 Å². The zero-order chi connectivity index (χ0) is 14.0. The highest BCUT2D eigenvalue weighted by Crippen LogP contribution is 2.21. The number of carbonyl (C=O) groups is 1. The van der Waals surface area contributed by atoms with Gasteiger partial charge in [0.1, 0.15) is 0 Å². The highest BCUT2D eigenvalue weighted by Gasteiger charge is 2.14. The van der Waals surface area contributed by atoms with Crippen LogP contribution in [0.2, 0.25) is 0 Å². The summed E-state index contributed by atoms with van der Waals surface area (Å²) in [6, 6.07) is 6.89. The summed E-state index contributed by atoms with van der Waals surface area (Å²) < 4.78 is 6.94. The Labute approximate surface area is 118 Å². The molecule has 19 heavy (non-hydrogen) atoms. The fraction of sp³-hybridized carbons (Fsp3) is 0.154. The normalized spacial score (nSPS) is 10.3. The van der Waals surface area contributed by atoms with E-state index in [0.29, 0.717) is 0 Å². The molecule has 0 aliphatic heterocycles. The lowest BCUT2D eigenvalue weighted by molar-refractivity contribution is 0.0590. The molecule has 0 saturated carbocycles. The molecule has 0 fully saturated rings. The molecule has 1 aromatic carbocycles. The van der Waals surface area contributed by atoms with Gasteiger partial charge in [-0.05, 0) is 24.6 Å². The Morgan fingerprint density at radius 2 is 2.11 bits per heavy atom. The zero-order valence-electron chi connectivity index (χ0n) is 10.4. The van der Waals surface area contributed by atoms with Crippen LogP contribution in [0.15, 0.2) is 39.7 Å². The molecule has 0 aliphatic rings. The van der Waals surface area contributed by atoms with Crippen molar-refractivity contribution in [2.45, 2.75) is 6.92 Å². The molecule has 0 atom stereocenters. The van der Waals surface area contributed by atoms with Crippen LogP contribution in [0.3, 0.4) is 0 Å². The summed E-state index contributed by atoms with van der Waals surface area (Å²) in [5.41, 5.74) is 1.04. The molecular formula is C13H11BrN2O3. The third-order valence-corrected chi connectivity index (χ3v) is 3.53. The largest absolute Gasteiger partial charge is 0.464 e. The number of benzene rings is 1. The van der Waals surface area contributed by atoms with Gasteiger partial charge in [-0.1, -0.05) is 22.0 Å². The second kappa shape index (κ2) is 5.36. The summed E-state index contributed by atoms with van der Waals surface area (Å²) in [4.78, 5) is 23.0. The van der Waals surface area contributed by atoms with Crippen molar-refractivity contribution in [1.29, 1.82) is 0 Å². The number of hydrogen-bond acceptors (Lipinski definition) is 4. The highest BCUT2D eigenvalue weighted by molar-refractivity contribution is 9.10. The molecule has 6 heteroatoms. The third-order valence-electron chi connectivity index (χ3n) is 2.67. The summed E-state index contributed by atoms with van der Waals surface area (Å²) in [5, 5.41) is 4.02. The van der Waals surface area contributed by atoms with E-state index >= 15 is 0 Å². The Kier molecular flexibility index (Phi) is 3.80. The number of carbonyl (C=O) groups excluding carboxylic acids is 1. The topological polar surface area (TPSA) is 61.2 Å². The number of rotatable bonds is 2. The Hall–Kier alpha value is -1.95. The average molecular weight is 323 g/mol. The SMILES string of the molecule is COC(=O)c1nn(-c2cccc(Br)c2C)ccc1=O. The standard InChI is InChI=1S/C13H11BrN2O3/c1-8-9(14)4-3-5-10(8)16-7-6-11(17)12(15-16)13(18)19-2/h3-7H,1-2H3. The maximum absolute atomic E-state index is 11.6. The van der Waals surface area contributed by atoms with Crippen LogP contribution in [0.1, 0.15) is 16.1 Å². The number of hydrogen-bond donors (Lipinski definition) is 0. The Morgan fingerprint density at radius 3 is 2.79 bits per heavy atom. The third kappa shape index (κ3) is 2.58. The molecule has 5 nitrogen and oxygen atoms in total. The van der Waals surface area contributed by atoms with Crippen LogP contribution in [0, 0.1) is 6.92 Å². The van der Waals surface area contributed by atoms with Crippen molar-refractivity contribution in [3.8, 4) is 5.69 Å². The molecule has 1 heterocycles. The minimum Gasteiger partial charge on any atom is -0.464 e. The lowest BCUT2D eigenvalue weighted by Gasteiger charge is -2.10. The second-order valence-corrected chi connectivity index (χ2v) is 4.70. The molecule has 0 bridgehead atoms. The molecular weight excluding hydrogens is 312 g/mol. The molecule has 2 rings (SSSR count). The van der Waals surface area contributed by atoms with E-state index < -0.39 is 11.4 Å². The van der Waals surface area contributed by atoms with Crippen molar-refractivity contribution in [1.82, 2.24) is 9.78 Å². The maximum Gasteiger partial charge on any atom is 0.362 e. The Balaban J connectivity index is 2.61. The summed E-state index contributed by atoms with van der Waals surface area (Å²) in [6.07, 6.45) is 1.52. The van der Waals surface area contributed by atoms with Gasteiger partial charge in [-0.3, -0.25) is 4.79 Å². The van der Waals surface area contributed by atoms with Crippen molar-refractivity contribution < 1.29 is 9.53 Å². The lowest BCUT2D eigenvalue weighted by atomic mass is 10.2. The molecule has 98 valence electrons. The molecule has 1 aromatic heterocycles. The molecule has 2 aromatic rings. The van der Waals surface area contributed by atoms with Gasteiger partial charge in [-0.15, -0.1) is 0 Å². The fourth-order valence-electron chi connectivity index (χ4n) is 1.62. The van der Waals surface area contributed by atoms with Crippen molar-refractivity contribution in [3.05, 3.63) is 56.4 Å². The van der Waals surface area contributed by atoms with Gasteiger partial charge in [0, 0.05) is 16.7 Å². The van der Waals surface area contributed by atoms with Gasteiger partial charge >= 0.3 is 5.97 Å². The fourth-order valence-corrected chi connectivity index (χ4v) is 1.98. The predicted molar refractivity (Wildman–Crippen MR) is 73.6 cm³/mol. The molecule has 0 amide bonds. The number of ether oxygens (including phenoxy) is 1. The van der Waals surface area contributed by atoms with Crippen LogP contribution in [-0.4, -0.2) is 22.9 Å². The van der Waals surface area contributed by atoms with Crippen molar-refractivity contribution >= 4 is 21.9 Å². The molecule has 0 aliphatic carbocycles. The van der Waals surface area contributed by atoms with E-state index in [1.165, 1.54) is 24.1 Å². The van der Waals surface area contributed by atoms with E-state index in [-0.39, 0.29) is 5.69 Å². The van der Waals surface area contributed by atoms with Gasteiger partial charge in [-0.25, -0.2) is 9.48 Å². The van der Waals surface area contributed by atoms with Crippen LogP contribution in [-0.2, 0) is 4.74 Å². The lowest BCUT2D eigenvalue weighted by Crippen LogP contribution is -2.21. The van der Waals surface area contributed by atoms with E-state index in [1.807, 2.05) is 25.1 Å². The second-order valence-electron chi connectivity index (χ2n) is 3.85. The van der Waals surface area contributed by atoms with Gasteiger partial charge < -0.3 is 4.74 Å². The minimum atomic E-state index is -0.744. The van der Waals surface area contributed by atoms with Gasteiger partial charge in [0.15, 0.2) is 0 Å². The monoisotopic (exact) mass is 322 g/mol. The van der Waals surface area contributed by atoms with Crippen molar-refractivity contribution in [2.24, 2.45) is 0 Å². The number of methoxy groups -OCH3 is 1. The van der Waals surface area contributed by atoms with E-state index in [0.717, 1.165) is 15.7 Å². The summed E-state index contributed by atoms with van der Waals surface area (Å²) >= 11 is 3.42. The van der Waals surface area contributed by atoms with E-state index in [9.17, 15) is 9.59 Å². The molecule has 0 N–H and O–H groups in total. The number of halogens is 1. The van der Waals surface area contributed by atoms with Gasteiger partial charge in [-0.2, -0.15) is 5.10 Å². The average Bonchev–Trinajstić information content (AvgIpc) is 2.42. The quantitative estimate of drug-likeness (QED) is 0.794.